The number of benzene rings is 1. The Kier molecular flexibility index (Phi) is 2.85. The van der Waals surface area contributed by atoms with Crippen LogP contribution >= 0.6 is 0 Å². The van der Waals surface area contributed by atoms with Crippen LogP contribution in [0.25, 0.3) is 11.1 Å². The predicted molar refractivity (Wildman–Crippen MR) is 78.9 cm³/mol. The third-order valence-electron chi connectivity index (χ3n) is 4.19. The van der Waals surface area contributed by atoms with Crippen LogP contribution in [0.4, 0.5) is 5.82 Å². The summed E-state index contributed by atoms with van der Waals surface area (Å²) in [7, 11) is 1.93. The number of rotatable bonds is 3. The van der Waals surface area contributed by atoms with E-state index in [1.807, 2.05) is 11.7 Å². The van der Waals surface area contributed by atoms with Crippen LogP contribution in [-0.4, -0.2) is 9.78 Å². The van der Waals surface area contributed by atoms with Gasteiger partial charge in [0.1, 0.15) is 5.82 Å². The van der Waals surface area contributed by atoms with Crippen LogP contribution in [0.5, 0.6) is 0 Å². The molecule has 1 aliphatic carbocycles. The van der Waals surface area contributed by atoms with Gasteiger partial charge >= 0.3 is 0 Å². The van der Waals surface area contributed by atoms with Crippen molar-refractivity contribution >= 4 is 5.82 Å². The van der Waals surface area contributed by atoms with Gasteiger partial charge in [-0.05, 0) is 31.2 Å². The molecule has 1 aromatic carbocycles. The van der Waals surface area contributed by atoms with Crippen molar-refractivity contribution in [3.05, 3.63) is 35.5 Å². The van der Waals surface area contributed by atoms with E-state index in [4.69, 9.17) is 5.73 Å². The lowest BCUT2D eigenvalue weighted by Crippen LogP contribution is -2.00. The first-order chi connectivity index (χ1) is 9.08. The molecule has 19 heavy (non-hydrogen) atoms. The molecule has 1 aromatic heterocycles. The highest BCUT2D eigenvalue weighted by Crippen LogP contribution is 2.45. The molecule has 1 aliphatic rings. The zero-order valence-electron chi connectivity index (χ0n) is 11.9. The van der Waals surface area contributed by atoms with Crippen LogP contribution in [0.3, 0.4) is 0 Å². The highest BCUT2D eigenvalue weighted by atomic mass is 15.3. The molecule has 3 heteroatoms. The minimum absolute atomic E-state index is 0.499. The van der Waals surface area contributed by atoms with E-state index in [0.29, 0.717) is 5.92 Å². The summed E-state index contributed by atoms with van der Waals surface area (Å²) in [6.07, 6.45) is 2.65. The van der Waals surface area contributed by atoms with E-state index in [0.717, 1.165) is 23.0 Å². The smallest absolute Gasteiger partial charge is 0.129 e. The fourth-order valence-corrected chi connectivity index (χ4v) is 2.79. The van der Waals surface area contributed by atoms with E-state index in [9.17, 15) is 0 Å². The number of aryl methyl sites for hydroxylation is 2. The summed E-state index contributed by atoms with van der Waals surface area (Å²) < 4.78 is 1.81. The Labute approximate surface area is 114 Å². The van der Waals surface area contributed by atoms with E-state index < -0.39 is 0 Å². The molecule has 1 heterocycles. The molecule has 0 radical (unpaired) electrons. The molecule has 1 saturated carbocycles. The van der Waals surface area contributed by atoms with Gasteiger partial charge in [-0.1, -0.05) is 36.8 Å². The van der Waals surface area contributed by atoms with Gasteiger partial charge in [-0.2, -0.15) is 5.10 Å². The summed E-state index contributed by atoms with van der Waals surface area (Å²) in [5.74, 6) is 2.06. The Morgan fingerprint density at radius 2 is 2.11 bits per heavy atom. The lowest BCUT2D eigenvalue weighted by Gasteiger charge is -2.10. The molecule has 0 spiro atoms. The van der Waals surface area contributed by atoms with Crippen molar-refractivity contribution in [2.24, 2.45) is 13.0 Å². The van der Waals surface area contributed by atoms with Crippen molar-refractivity contribution in [1.29, 1.82) is 0 Å². The lowest BCUT2D eigenvalue weighted by molar-refractivity contribution is 0.622. The Morgan fingerprint density at radius 1 is 1.37 bits per heavy atom. The van der Waals surface area contributed by atoms with Crippen LogP contribution in [0.2, 0.25) is 0 Å². The van der Waals surface area contributed by atoms with Crippen LogP contribution in [0.1, 0.15) is 36.9 Å². The van der Waals surface area contributed by atoms with Gasteiger partial charge in [-0.25, -0.2) is 0 Å². The van der Waals surface area contributed by atoms with Crippen LogP contribution < -0.4 is 5.73 Å². The second kappa shape index (κ2) is 4.41. The first kappa shape index (κ1) is 12.3. The zero-order chi connectivity index (χ0) is 13.6. The van der Waals surface area contributed by atoms with Crippen molar-refractivity contribution in [1.82, 2.24) is 9.78 Å². The van der Waals surface area contributed by atoms with E-state index in [2.05, 4.69) is 43.2 Å². The standard InChI is InChI=1S/C16H21N3/c1-10-5-4-6-13(9-10)14-15(11(2)12-7-8-12)18-19(3)16(14)17/h4-6,9,11-12H,7-8,17H2,1-3H3. The van der Waals surface area contributed by atoms with Crippen molar-refractivity contribution in [2.45, 2.75) is 32.6 Å². The molecule has 0 bridgehead atoms. The van der Waals surface area contributed by atoms with Crippen molar-refractivity contribution in [2.75, 3.05) is 5.73 Å². The molecule has 100 valence electrons. The summed E-state index contributed by atoms with van der Waals surface area (Å²) in [4.78, 5) is 0. The maximum Gasteiger partial charge on any atom is 0.129 e. The monoisotopic (exact) mass is 255 g/mol. The fourth-order valence-electron chi connectivity index (χ4n) is 2.79. The molecule has 1 atom stereocenters. The number of nitrogens with two attached hydrogens (primary N) is 1. The van der Waals surface area contributed by atoms with E-state index in [-0.39, 0.29) is 0 Å². The molecule has 0 saturated heterocycles. The molecular weight excluding hydrogens is 234 g/mol. The van der Waals surface area contributed by atoms with Crippen molar-refractivity contribution in [3.63, 3.8) is 0 Å². The molecule has 0 aliphatic heterocycles. The Bertz CT molecular complexity index is 608. The van der Waals surface area contributed by atoms with Gasteiger partial charge in [0, 0.05) is 18.5 Å². The number of nitrogen functional groups attached to an aromatic ring is 1. The van der Waals surface area contributed by atoms with Gasteiger partial charge in [0.25, 0.3) is 0 Å². The molecule has 0 amide bonds. The molecule has 3 nitrogen and oxygen atoms in total. The third kappa shape index (κ3) is 2.14. The highest BCUT2D eigenvalue weighted by molar-refractivity contribution is 5.77. The van der Waals surface area contributed by atoms with Gasteiger partial charge in [0.15, 0.2) is 0 Å². The van der Waals surface area contributed by atoms with Crippen LogP contribution in [-0.2, 0) is 7.05 Å². The van der Waals surface area contributed by atoms with Crippen LogP contribution in [0, 0.1) is 12.8 Å². The van der Waals surface area contributed by atoms with Gasteiger partial charge < -0.3 is 5.73 Å². The third-order valence-corrected chi connectivity index (χ3v) is 4.19. The summed E-state index contributed by atoms with van der Waals surface area (Å²) >= 11 is 0. The SMILES string of the molecule is Cc1cccc(-c2c(C(C)C3CC3)nn(C)c2N)c1. The van der Waals surface area contributed by atoms with E-state index in [1.54, 1.807) is 0 Å². The topological polar surface area (TPSA) is 43.8 Å². The second-order valence-electron chi connectivity index (χ2n) is 5.76. The summed E-state index contributed by atoms with van der Waals surface area (Å²) in [6, 6.07) is 8.52. The van der Waals surface area contributed by atoms with Gasteiger partial charge in [-0.3, -0.25) is 4.68 Å². The zero-order valence-corrected chi connectivity index (χ0v) is 11.9. The van der Waals surface area contributed by atoms with Crippen molar-refractivity contribution in [3.8, 4) is 11.1 Å². The molecular formula is C16H21N3. The Hall–Kier alpha value is -1.77. The molecule has 1 unspecified atom stereocenters. The molecule has 2 N–H and O–H groups in total. The molecule has 2 aromatic rings. The van der Waals surface area contributed by atoms with E-state index >= 15 is 0 Å². The average Bonchev–Trinajstić information content (AvgIpc) is 3.17. The largest absolute Gasteiger partial charge is 0.383 e. The van der Waals surface area contributed by atoms with Crippen LogP contribution in [0.15, 0.2) is 24.3 Å². The minimum Gasteiger partial charge on any atom is -0.383 e. The highest BCUT2D eigenvalue weighted by Gasteiger charge is 2.33. The second-order valence-corrected chi connectivity index (χ2v) is 5.76. The Balaban J connectivity index is 2.13. The van der Waals surface area contributed by atoms with E-state index in [1.165, 1.54) is 24.0 Å². The van der Waals surface area contributed by atoms with Gasteiger partial charge in [0.05, 0.1) is 5.69 Å². The lowest BCUT2D eigenvalue weighted by atomic mass is 9.94. The number of hydrogen-bond acceptors (Lipinski definition) is 2. The number of aromatic nitrogens is 2. The number of nitrogens with zero attached hydrogens (tertiary/aromatic N) is 2. The normalized spacial score (nSPS) is 16.6. The first-order valence-corrected chi connectivity index (χ1v) is 6.97. The fraction of sp³-hybridized carbons (Fsp3) is 0.438. The van der Waals surface area contributed by atoms with Gasteiger partial charge in [-0.15, -0.1) is 0 Å². The maximum atomic E-state index is 6.24. The molecule has 1 fully saturated rings. The first-order valence-electron chi connectivity index (χ1n) is 6.97. The van der Waals surface area contributed by atoms with Crippen molar-refractivity contribution < 1.29 is 0 Å². The minimum atomic E-state index is 0.499. The number of hydrogen-bond donors (Lipinski definition) is 1. The maximum absolute atomic E-state index is 6.24. The predicted octanol–water partition coefficient (Wildman–Crippen LogP) is 3.49. The Morgan fingerprint density at radius 3 is 2.74 bits per heavy atom. The number of anilines is 1. The summed E-state index contributed by atoms with van der Waals surface area (Å²) in [5, 5.41) is 4.67. The average molecular weight is 255 g/mol. The summed E-state index contributed by atoms with van der Waals surface area (Å²) in [5.41, 5.74) is 11.0. The summed E-state index contributed by atoms with van der Waals surface area (Å²) in [6.45, 7) is 4.39. The quantitative estimate of drug-likeness (QED) is 0.912. The van der Waals surface area contributed by atoms with Gasteiger partial charge in [0.2, 0.25) is 0 Å². The molecule has 3 rings (SSSR count).